The fraction of sp³-hybridized carbons (Fsp3) is 0.276. The van der Waals surface area contributed by atoms with E-state index in [1.165, 1.54) is 60.2 Å². The first-order chi connectivity index (χ1) is 15.2. The Balaban J connectivity index is 1.29. The van der Waals surface area contributed by atoms with Gasteiger partial charge in [-0.1, -0.05) is 73.5 Å². The van der Waals surface area contributed by atoms with Gasteiger partial charge in [-0.3, -0.25) is 0 Å². The van der Waals surface area contributed by atoms with E-state index < -0.39 is 0 Å². The lowest BCUT2D eigenvalue weighted by Gasteiger charge is -2.10. The Morgan fingerprint density at radius 2 is 1.19 bits per heavy atom. The van der Waals surface area contributed by atoms with Crippen molar-refractivity contribution in [3.8, 4) is 17.1 Å². The molecule has 2 aromatic carbocycles. The Labute approximate surface area is 186 Å². The third kappa shape index (κ3) is 5.52. The summed E-state index contributed by atoms with van der Waals surface area (Å²) in [6.45, 7) is 4.25. The van der Waals surface area contributed by atoms with Crippen molar-refractivity contribution in [2.45, 2.75) is 52.4 Å². The average molecular weight is 409 g/mol. The van der Waals surface area contributed by atoms with Gasteiger partial charge in [0.05, 0.1) is 5.69 Å². The molecule has 0 bridgehead atoms. The molecule has 2 heteroatoms. The van der Waals surface area contributed by atoms with Gasteiger partial charge in [-0.15, -0.1) is 0 Å². The average Bonchev–Trinajstić information content (AvgIpc) is 3.15. The number of benzene rings is 2. The maximum absolute atomic E-state index is 4.92. The predicted octanol–water partition coefficient (Wildman–Crippen LogP) is 7.50. The van der Waals surface area contributed by atoms with Crippen LogP contribution in [0.1, 0.15) is 48.2 Å². The van der Waals surface area contributed by atoms with E-state index in [0.717, 1.165) is 17.9 Å². The van der Waals surface area contributed by atoms with E-state index >= 15 is 0 Å². The molecule has 31 heavy (non-hydrogen) atoms. The molecule has 0 amide bonds. The van der Waals surface area contributed by atoms with Gasteiger partial charge in [-0.2, -0.15) is 0 Å². The molecule has 0 saturated heterocycles. The van der Waals surface area contributed by atoms with Crippen molar-refractivity contribution < 1.29 is 0 Å². The number of aromatic nitrogens is 2. The van der Waals surface area contributed by atoms with Crippen LogP contribution < -0.4 is 0 Å². The molecule has 0 saturated carbocycles. The zero-order valence-corrected chi connectivity index (χ0v) is 18.7. The van der Waals surface area contributed by atoms with Crippen molar-refractivity contribution in [3.63, 3.8) is 0 Å². The van der Waals surface area contributed by atoms with Crippen LogP contribution in [0.4, 0.5) is 0 Å². The van der Waals surface area contributed by atoms with Crippen molar-refractivity contribution in [2.75, 3.05) is 0 Å². The van der Waals surface area contributed by atoms with E-state index in [0.29, 0.717) is 0 Å². The molecule has 158 valence electrons. The van der Waals surface area contributed by atoms with Crippen LogP contribution in [0, 0.1) is 13.8 Å². The Bertz CT molecular complexity index is 1070. The van der Waals surface area contributed by atoms with E-state index in [9.17, 15) is 0 Å². The van der Waals surface area contributed by atoms with Crippen LogP contribution in [0.3, 0.4) is 0 Å². The van der Waals surface area contributed by atoms with Crippen molar-refractivity contribution in [2.24, 2.45) is 0 Å². The Morgan fingerprint density at radius 3 is 1.84 bits per heavy atom. The molecule has 2 aromatic heterocycles. The van der Waals surface area contributed by atoms with Gasteiger partial charge in [0.15, 0.2) is 0 Å². The first kappa shape index (κ1) is 21.1. The quantitative estimate of drug-likeness (QED) is 0.262. The molecule has 4 aromatic rings. The molecule has 0 aliphatic heterocycles. The van der Waals surface area contributed by atoms with Gasteiger partial charge >= 0.3 is 0 Å². The number of unbranched alkanes of at least 4 members (excludes halogenated alkanes) is 3. The highest BCUT2D eigenvalue weighted by Gasteiger charge is 2.07. The van der Waals surface area contributed by atoms with Gasteiger partial charge in [-0.25, -0.2) is 4.98 Å². The summed E-state index contributed by atoms with van der Waals surface area (Å²) in [5.41, 5.74) is 7.49. The van der Waals surface area contributed by atoms with Gasteiger partial charge in [0.25, 0.3) is 0 Å². The van der Waals surface area contributed by atoms with Crippen LogP contribution in [0.2, 0.25) is 0 Å². The largest absolute Gasteiger partial charge is 0.303 e. The molecule has 0 fully saturated rings. The van der Waals surface area contributed by atoms with Crippen LogP contribution >= 0.6 is 0 Å². The summed E-state index contributed by atoms with van der Waals surface area (Å²) < 4.78 is 2.20. The number of hydrogen-bond donors (Lipinski definition) is 0. The number of aryl methyl sites for hydroxylation is 4. The van der Waals surface area contributed by atoms with Crippen LogP contribution in [-0.2, 0) is 12.8 Å². The zero-order valence-electron chi connectivity index (χ0n) is 18.7. The van der Waals surface area contributed by atoms with E-state index in [1.807, 2.05) is 0 Å². The van der Waals surface area contributed by atoms with Crippen molar-refractivity contribution >= 4 is 0 Å². The zero-order chi connectivity index (χ0) is 21.5. The SMILES string of the molecule is Cc1ccc(C)n1-c1cccc(-c2ccc(CCCCCCc3ccccc3)cc2)n1. The standard InChI is InChI=1S/C29H32N2/c1-23-17-18-24(2)31(23)29-16-10-15-28(30-29)27-21-19-26(20-22-27)14-7-4-3-6-11-25-12-8-5-9-13-25/h5,8-10,12-13,15-22H,3-4,6-7,11,14H2,1-2H3. The van der Waals surface area contributed by atoms with Crippen LogP contribution in [0.15, 0.2) is 84.9 Å². The molecular formula is C29H32N2. The minimum absolute atomic E-state index is 0.983. The molecule has 0 aliphatic rings. The minimum Gasteiger partial charge on any atom is -0.303 e. The molecule has 0 atom stereocenters. The first-order valence-corrected chi connectivity index (χ1v) is 11.5. The third-order valence-corrected chi connectivity index (χ3v) is 6.01. The van der Waals surface area contributed by atoms with Crippen LogP contribution in [0.5, 0.6) is 0 Å². The van der Waals surface area contributed by atoms with E-state index in [2.05, 4.69) is 103 Å². The summed E-state index contributed by atoms with van der Waals surface area (Å²) in [6, 6.07) is 30.3. The highest BCUT2D eigenvalue weighted by molar-refractivity contribution is 5.60. The number of nitrogens with zero attached hydrogens (tertiary/aromatic N) is 2. The highest BCUT2D eigenvalue weighted by Crippen LogP contribution is 2.22. The Hall–Kier alpha value is -3.13. The van der Waals surface area contributed by atoms with Gasteiger partial charge in [0, 0.05) is 17.0 Å². The van der Waals surface area contributed by atoms with Gasteiger partial charge in [0.1, 0.15) is 5.82 Å². The molecule has 2 heterocycles. The van der Waals surface area contributed by atoms with E-state index in [4.69, 9.17) is 4.98 Å². The number of rotatable bonds is 9. The Kier molecular flexibility index (Phi) is 6.99. The normalized spacial score (nSPS) is 11.0. The molecule has 0 aliphatic carbocycles. The predicted molar refractivity (Wildman–Crippen MR) is 131 cm³/mol. The van der Waals surface area contributed by atoms with Gasteiger partial charge < -0.3 is 4.57 Å². The summed E-state index contributed by atoms with van der Waals surface area (Å²) >= 11 is 0. The monoisotopic (exact) mass is 408 g/mol. The number of hydrogen-bond acceptors (Lipinski definition) is 1. The topological polar surface area (TPSA) is 17.8 Å². The summed E-state index contributed by atoms with van der Waals surface area (Å²) in [5.74, 6) is 0.983. The molecular weight excluding hydrogens is 376 g/mol. The summed E-state index contributed by atoms with van der Waals surface area (Å²) in [6.07, 6.45) is 7.50. The fourth-order valence-electron chi connectivity index (χ4n) is 4.24. The number of pyridine rings is 1. The minimum atomic E-state index is 0.983. The second-order valence-corrected chi connectivity index (χ2v) is 8.43. The lowest BCUT2D eigenvalue weighted by Crippen LogP contribution is -2.02. The van der Waals surface area contributed by atoms with Crippen molar-refractivity contribution in [3.05, 3.63) is 107 Å². The van der Waals surface area contributed by atoms with Gasteiger partial charge in [-0.05, 0) is 74.9 Å². The molecule has 0 spiro atoms. The molecule has 4 rings (SSSR count). The molecule has 0 N–H and O–H groups in total. The smallest absolute Gasteiger partial charge is 0.137 e. The summed E-state index contributed by atoms with van der Waals surface area (Å²) in [5, 5.41) is 0. The second-order valence-electron chi connectivity index (χ2n) is 8.43. The third-order valence-electron chi connectivity index (χ3n) is 6.01. The molecule has 0 radical (unpaired) electrons. The van der Waals surface area contributed by atoms with E-state index in [-0.39, 0.29) is 0 Å². The fourth-order valence-corrected chi connectivity index (χ4v) is 4.24. The van der Waals surface area contributed by atoms with Gasteiger partial charge in [0.2, 0.25) is 0 Å². The van der Waals surface area contributed by atoms with Crippen LogP contribution in [0.25, 0.3) is 17.1 Å². The first-order valence-electron chi connectivity index (χ1n) is 11.5. The summed E-state index contributed by atoms with van der Waals surface area (Å²) in [4.78, 5) is 4.92. The summed E-state index contributed by atoms with van der Waals surface area (Å²) in [7, 11) is 0. The Morgan fingerprint density at radius 1 is 0.581 bits per heavy atom. The van der Waals surface area contributed by atoms with E-state index in [1.54, 1.807) is 0 Å². The molecule has 0 unspecified atom stereocenters. The van der Waals surface area contributed by atoms with Crippen molar-refractivity contribution in [1.82, 2.24) is 9.55 Å². The van der Waals surface area contributed by atoms with Crippen LogP contribution in [-0.4, -0.2) is 9.55 Å². The second kappa shape index (κ2) is 10.3. The maximum atomic E-state index is 4.92. The maximum Gasteiger partial charge on any atom is 0.137 e. The molecule has 2 nitrogen and oxygen atoms in total. The van der Waals surface area contributed by atoms with Crippen molar-refractivity contribution in [1.29, 1.82) is 0 Å². The highest BCUT2D eigenvalue weighted by atomic mass is 15.1. The lowest BCUT2D eigenvalue weighted by atomic mass is 10.0. The lowest BCUT2D eigenvalue weighted by molar-refractivity contribution is 0.640.